The first kappa shape index (κ1) is 13.5. The molecule has 1 atom stereocenters. The highest BCUT2D eigenvalue weighted by Crippen LogP contribution is 2.26. The Morgan fingerprint density at radius 1 is 1.37 bits per heavy atom. The quantitative estimate of drug-likeness (QED) is 0.899. The van der Waals surface area contributed by atoms with Crippen molar-refractivity contribution in [3.8, 4) is 6.07 Å². The third-order valence-corrected chi connectivity index (χ3v) is 3.56. The van der Waals surface area contributed by atoms with E-state index in [0.717, 1.165) is 31.4 Å². The lowest BCUT2D eigenvalue weighted by Gasteiger charge is -2.26. The number of nitrogens with one attached hydrogen (secondary N) is 1. The van der Waals surface area contributed by atoms with Crippen molar-refractivity contribution in [2.45, 2.75) is 45.1 Å². The summed E-state index contributed by atoms with van der Waals surface area (Å²) in [6, 6.07) is 1.78. The molecule has 1 amide bonds. The van der Waals surface area contributed by atoms with Crippen LogP contribution in [0.3, 0.4) is 0 Å². The molecular formula is C14H18N4O. The lowest BCUT2D eigenvalue weighted by molar-refractivity contribution is 0.0923. The summed E-state index contributed by atoms with van der Waals surface area (Å²) in [5, 5.41) is 12.0. The van der Waals surface area contributed by atoms with Crippen molar-refractivity contribution < 1.29 is 4.79 Å². The van der Waals surface area contributed by atoms with Gasteiger partial charge in [-0.3, -0.25) is 9.78 Å². The van der Waals surface area contributed by atoms with Gasteiger partial charge in [-0.25, -0.2) is 4.98 Å². The van der Waals surface area contributed by atoms with Gasteiger partial charge in [0.1, 0.15) is 11.7 Å². The molecule has 0 aliphatic heterocycles. The molecule has 0 bridgehead atoms. The second-order valence-electron chi connectivity index (χ2n) is 5.02. The molecule has 1 unspecified atom stereocenters. The normalized spacial score (nSPS) is 17.5. The summed E-state index contributed by atoms with van der Waals surface area (Å²) in [4.78, 5) is 20.1. The number of carbonyl (C=O) groups excluding carboxylic acids is 1. The smallest absolute Gasteiger partial charge is 0.272 e. The van der Waals surface area contributed by atoms with Gasteiger partial charge in [-0.15, -0.1) is 0 Å². The van der Waals surface area contributed by atoms with Crippen molar-refractivity contribution in [2.24, 2.45) is 5.92 Å². The summed E-state index contributed by atoms with van der Waals surface area (Å²) in [6.45, 7) is 1.81. The first-order valence-electron chi connectivity index (χ1n) is 6.70. The molecule has 2 rings (SSSR count). The van der Waals surface area contributed by atoms with Gasteiger partial charge in [-0.2, -0.15) is 5.26 Å². The third-order valence-electron chi connectivity index (χ3n) is 3.56. The molecule has 1 N–H and O–H groups in total. The molecule has 1 heterocycles. The lowest BCUT2D eigenvalue weighted by atomic mass is 9.84. The summed E-state index contributed by atoms with van der Waals surface area (Å²) in [5.41, 5.74) is 1.03. The van der Waals surface area contributed by atoms with Gasteiger partial charge in [0.15, 0.2) is 0 Å². The average molecular weight is 258 g/mol. The van der Waals surface area contributed by atoms with Gasteiger partial charge in [-0.05, 0) is 25.7 Å². The topological polar surface area (TPSA) is 78.7 Å². The van der Waals surface area contributed by atoms with Crippen LogP contribution in [0.4, 0.5) is 0 Å². The summed E-state index contributed by atoms with van der Waals surface area (Å²) in [6.07, 6.45) is 8.53. The van der Waals surface area contributed by atoms with Gasteiger partial charge in [0, 0.05) is 6.20 Å². The predicted molar refractivity (Wildman–Crippen MR) is 70.2 cm³/mol. The van der Waals surface area contributed by atoms with Crippen LogP contribution in [0, 0.1) is 24.2 Å². The highest BCUT2D eigenvalue weighted by Gasteiger charge is 2.25. The van der Waals surface area contributed by atoms with Gasteiger partial charge in [0.25, 0.3) is 5.91 Å². The van der Waals surface area contributed by atoms with Crippen LogP contribution >= 0.6 is 0 Å². The van der Waals surface area contributed by atoms with Crippen LogP contribution < -0.4 is 5.32 Å². The van der Waals surface area contributed by atoms with Crippen LogP contribution in [0.5, 0.6) is 0 Å². The van der Waals surface area contributed by atoms with Crippen molar-refractivity contribution in [3.63, 3.8) is 0 Å². The van der Waals surface area contributed by atoms with E-state index in [9.17, 15) is 10.1 Å². The largest absolute Gasteiger partial charge is 0.335 e. The summed E-state index contributed by atoms with van der Waals surface area (Å²) in [5.74, 6) is -0.0502. The fraction of sp³-hybridized carbons (Fsp3) is 0.571. The number of carbonyl (C=O) groups is 1. The number of nitriles is 1. The van der Waals surface area contributed by atoms with Crippen LogP contribution in [0.25, 0.3) is 0 Å². The SMILES string of the molecule is Cc1cnc(C(=O)NC(C#N)C2CCCCC2)cn1. The number of hydrogen-bond acceptors (Lipinski definition) is 4. The van der Waals surface area contributed by atoms with Crippen LogP contribution in [-0.4, -0.2) is 21.9 Å². The standard InChI is InChI=1S/C14H18N4O/c1-10-8-17-13(9-16-10)14(19)18-12(7-15)11-5-3-2-4-6-11/h8-9,11-12H,2-6H2,1H3,(H,18,19). The minimum Gasteiger partial charge on any atom is -0.335 e. The molecule has 100 valence electrons. The van der Waals surface area contributed by atoms with E-state index in [1.165, 1.54) is 12.6 Å². The fourth-order valence-corrected chi connectivity index (χ4v) is 2.45. The van der Waals surface area contributed by atoms with Gasteiger partial charge in [0.2, 0.25) is 0 Å². The maximum Gasteiger partial charge on any atom is 0.272 e. The van der Waals surface area contributed by atoms with E-state index >= 15 is 0 Å². The molecular weight excluding hydrogens is 240 g/mol. The molecule has 19 heavy (non-hydrogen) atoms. The predicted octanol–water partition coefficient (Wildman–Crippen LogP) is 1.99. The number of nitrogens with zero attached hydrogens (tertiary/aromatic N) is 3. The fourth-order valence-electron chi connectivity index (χ4n) is 2.45. The number of aromatic nitrogens is 2. The van der Waals surface area contributed by atoms with E-state index in [-0.39, 0.29) is 17.5 Å². The summed E-state index contributed by atoms with van der Waals surface area (Å²) >= 11 is 0. The van der Waals surface area contributed by atoms with Crippen LogP contribution in [0.2, 0.25) is 0 Å². The van der Waals surface area contributed by atoms with Gasteiger partial charge >= 0.3 is 0 Å². The first-order chi connectivity index (χ1) is 9.20. The Bertz CT molecular complexity index is 471. The molecule has 5 heteroatoms. The van der Waals surface area contributed by atoms with Crippen LogP contribution in [0.1, 0.15) is 48.3 Å². The van der Waals surface area contributed by atoms with E-state index in [0.29, 0.717) is 0 Å². The Morgan fingerprint density at radius 2 is 2.11 bits per heavy atom. The average Bonchev–Trinajstić information content (AvgIpc) is 2.46. The molecule has 5 nitrogen and oxygen atoms in total. The van der Waals surface area contributed by atoms with E-state index in [1.807, 2.05) is 6.92 Å². The minimum atomic E-state index is -0.420. The third kappa shape index (κ3) is 3.50. The minimum absolute atomic E-state index is 0.265. The van der Waals surface area contributed by atoms with Crippen molar-refractivity contribution in [1.82, 2.24) is 15.3 Å². The van der Waals surface area contributed by atoms with Crippen LogP contribution in [-0.2, 0) is 0 Å². The van der Waals surface area contributed by atoms with E-state index in [2.05, 4.69) is 21.4 Å². The zero-order chi connectivity index (χ0) is 13.7. The Morgan fingerprint density at radius 3 is 2.68 bits per heavy atom. The molecule has 1 aromatic heterocycles. The summed E-state index contributed by atoms with van der Waals surface area (Å²) in [7, 11) is 0. The molecule has 1 saturated carbocycles. The number of amides is 1. The number of rotatable bonds is 3. The second kappa shape index (κ2) is 6.28. The van der Waals surface area contributed by atoms with E-state index in [4.69, 9.17) is 0 Å². The van der Waals surface area contributed by atoms with Crippen molar-refractivity contribution in [3.05, 3.63) is 23.8 Å². The van der Waals surface area contributed by atoms with E-state index in [1.54, 1.807) is 6.20 Å². The number of aryl methyl sites for hydroxylation is 1. The van der Waals surface area contributed by atoms with Crippen LogP contribution in [0.15, 0.2) is 12.4 Å². The van der Waals surface area contributed by atoms with Gasteiger partial charge in [0.05, 0.1) is 18.0 Å². The monoisotopic (exact) mass is 258 g/mol. The van der Waals surface area contributed by atoms with E-state index < -0.39 is 6.04 Å². The summed E-state index contributed by atoms with van der Waals surface area (Å²) < 4.78 is 0. The van der Waals surface area contributed by atoms with Crippen molar-refractivity contribution in [1.29, 1.82) is 5.26 Å². The Balaban J connectivity index is 1.99. The Kier molecular flexibility index (Phi) is 4.45. The zero-order valence-corrected chi connectivity index (χ0v) is 11.1. The Hall–Kier alpha value is -1.96. The molecule has 0 spiro atoms. The zero-order valence-electron chi connectivity index (χ0n) is 11.1. The Labute approximate surface area is 113 Å². The maximum absolute atomic E-state index is 12.0. The van der Waals surface area contributed by atoms with Crippen molar-refractivity contribution >= 4 is 5.91 Å². The number of hydrogen-bond donors (Lipinski definition) is 1. The molecule has 1 aliphatic rings. The van der Waals surface area contributed by atoms with Crippen molar-refractivity contribution in [2.75, 3.05) is 0 Å². The molecule has 1 aliphatic carbocycles. The lowest BCUT2D eigenvalue weighted by Crippen LogP contribution is -2.40. The van der Waals surface area contributed by atoms with Gasteiger partial charge < -0.3 is 5.32 Å². The molecule has 0 saturated heterocycles. The first-order valence-corrected chi connectivity index (χ1v) is 6.70. The molecule has 1 fully saturated rings. The second-order valence-corrected chi connectivity index (χ2v) is 5.02. The van der Waals surface area contributed by atoms with Gasteiger partial charge in [-0.1, -0.05) is 19.3 Å². The molecule has 0 radical (unpaired) electrons. The molecule has 0 aromatic carbocycles. The highest BCUT2D eigenvalue weighted by molar-refractivity contribution is 5.92. The highest BCUT2D eigenvalue weighted by atomic mass is 16.1. The molecule has 1 aromatic rings. The maximum atomic E-state index is 12.0.